The van der Waals surface area contributed by atoms with Crippen LogP contribution in [0.15, 0.2) is 97.3 Å². The van der Waals surface area contributed by atoms with E-state index in [1.165, 1.54) is 38.1 Å². The number of hydrogen-bond acceptors (Lipinski definition) is 4. The molecule has 0 fully saturated rings. The Labute approximate surface area is 295 Å². The van der Waals surface area contributed by atoms with E-state index < -0.39 is 0 Å². The fourth-order valence-electron chi connectivity index (χ4n) is 5.84. The van der Waals surface area contributed by atoms with Gasteiger partial charge in [0.2, 0.25) is 0 Å². The third-order valence-electron chi connectivity index (χ3n) is 8.23. The van der Waals surface area contributed by atoms with Crippen molar-refractivity contribution in [1.82, 2.24) is 14.8 Å². The first-order valence-corrected chi connectivity index (χ1v) is 16.2. The first-order chi connectivity index (χ1) is 21.5. The van der Waals surface area contributed by atoms with Crippen molar-refractivity contribution in [1.29, 1.82) is 0 Å². The topological polar surface area (TPSA) is 39.6 Å². The Kier molecular flexibility index (Phi) is 10.6. The minimum absolute atomic E-state index is 0. The average Bonchev–Trinajstić information content (AvgIpc) is 3.38. The molecule has 0 saturated heterocycles. The summed E-state index contributed by atoms with van der Waals surface area (Å²) in [6.07, 6.45) is 8.55. The van der Waals surface area contributed by atoms with Gasteiger partial charge in [-0.3, -0.25) is 4.98 Å². The predicted octanol–water partition coefficient (Wildman–Crippen LogP) is 11.2. The van der Waals surface area contributed by atoms with Crippen LogP contribution in [0.4, 0.5) is 0 Å². The van der Waals surface area contributed by atoms with E-state index >= 15 is 0 Å². The SMILES string of the molecule is CC(C)(C)Cc1ccc2c(ccc3c(-c4[c-]c5ccccc5c(C(C)(C)C)c4)nccc32)c1.CN1C=CN(/C=C(\O)C(C)(C)C)[CH-]1.[Ir]. The molecule has 1 N–H and O–H groups in total. The number of fused-ring (bicyclic) bond motifs is 4. The second kappa shape index (κ2) is 13.8. The normalized spacial score (nSPS) is 14.0. The van der Waals surface area contributed by atoms with Gasteiger partial charge in [-0.1, -0.05) is 122 Å². The number of aliphatic hydroxyl groups excluding tert-OH is 1. The van der Waals surface area contributed by atoms with E-state index in [1.54, 1.807) is 6.20 Å². The Morgan fingerprint density at radius 1 is 0.830 bits per heavy atom. The first kappa shape index (κ1) is 36.2. The molecule has 1 aromatic heterocycles. The maximum Gasteiger partial charge on any atom is 0.111 e. The van der Waals surface area contributed by atoms with Gasteiger partial charge in [-0.15, -0.1) is 29.1 Å². The second-order valence-electron chi connectivity index (χ2n) is 15.8. The molecule has 5 heteroatoms. The Balaban J connectivity index is 0.000000303. The molecule has 0 amide bonds. The average molecular weight is 804 g/mol. The van der Waals surface area contributed by atoms with Gasteiger partial charge in [0.1, 0.15) is 5.76 Å². The third kappa shape index (κ3) is 8.63. The summed E-state index contributed by atoms with van der Waals surface area (Å²) >= 11 is 0. The van der Waals surface area contributed by atoms with E-state index in [9.17, 15) is 5.11 Å². The standard InChI is InChI=1S/C32H32N.C10H17N2O.Ir/c1-31(2,3)20-21-11-13-25-23(17-21)12-14-28-27(25)15-16-33-30(28)24-18-22-9-7-8-10-26(22)29(19-24)32(4,5)6;1-10(2,3)9(13)7-12-6-5-11(4)8-12;/h7-17,19H,20H2,1-6H3;5-8,13H,1-4H3;/q2*-1;/b;9-7-;. The van der Waals surface area contributed by atoms with Gasteiger partial charge in [0, 0.05) is 43.6 Å². The summed E-state index contributed by atoms with van der Waals surface area (Å²) in [5, 5.41) is 17.1. The second-order valence-corrected chi connectivity index (χ2v) is 15.8. The van der Waals surface area contributed by atoms with Crippen LogP contribution in [0, 0.1) is 23.6 Å². The zero-order valence-electron chi connectivity index (χ0n) is 29.6. The molecule has 47 heavy (non-hydrogen) atoms. The Hall–Kier alpha value is -3.66. The summed E-state index contributed by atoms with van der Waals surface area (Å²) in [6, 6.07) is 28.1. The molecule has 0 spiro atoms. The molecule has 0 saturated carbocycles. The summed E-state index contributed by atoms with van der Waals surface area (Å²) < 4.78 is 0. The van der Waals surface area contributed by atoms with Crippen molar-refractivity contribution in [3.63, 3.8) is 0 Å². The van der Waals surface area contributed by atoms with Gasteiger partial charge in [0.25, 0.3) is 0 Å². The van der Waals surface area contributed by atoms with Gasteiger partial charge in [0.15, 0.2) is 0 Å². The van der Waals surface area contributed by atoms with Crippen molar-refractivity contribution < 1.29 is 25.2 Å². The minimum atomic E-state index is -0.192. The Morgan fingerprint density at radius 2 is 1.53 bits per heavy atom. The van der Waals surface area contributed by atoms with Crippen molar-refractivity contribution in [3.05, 3.63) is 121 Å². The van der Waals surface area contributed by atoms with Crippen LogP contribution >= 0.6 is 0 Å². The van der Waals surface area contributed by atoms with Gasteiger partial charge < -0.3 is 14.9 Å². The van der Waals surface area contributed by atoms with Crippen LogP contribution in [0.5, 0.6) is 0 Å². The van der Waals surface area contributed by atoms with Crippen molar-refractivity contribution in [2.24, 2.45) is 10.8 Å². The molecule has 1 aliphatic rings. The van der Waals surface area contributed by atoms with Crippen molar-refractivity contribution >= 4 is 32.3 Å². The maximum atomic E-state index is 9.68. The molecule has 0 aliphatic carbocycles. The molecule has 4 nitrogen and oxygen atoms in total. The molecule has 2 heterocycles. The van der Waals surface area contributed by atoms with Crippen LogP contribution in [0.25, 0.3) is 43.6 Å². The monoisotopic (exact) mass is 804 g/mol. The first-order valence-electron chi connectivity index (χ1n) is 16.2. The fraction of sp³-hybridized carbons (Fsp3) is 0.333. The van der Waals surface area contributed by atoms with Gasteiger partial charge in [-0.2, -0.15) is 6.67 Å². The number of hydrogen-bond donors (Lipinski definition) is 1. The van der Waals surface area contributed by atoms with Crippen LogP contribution in [-0.4, -0.2) is 26.9 Å². The number of benzene rings is 4. The van der Waals surface area contributed by atoms with Crippen LogP contribution in [0.3, 0.4) is 0 Å². The Morgan fingerprint density at radius 3 is 2.17 bits per heavy atom. The van der Waals surface area contributed by atoms with Crippen LogP contribution in [0.2, 0.25) is 0 Å². The van der Waals surface area contributed by atoms with Gasteiger partial charge in [0.05, 0.1) is 0 Å². The molecular formula is C42H49IrN3O-2. The minimum Gasteiger partial charge on any atom is -0.510 e. The van der Waals surface area contributed by atoms with Gasteiger partial charge >= 0.3 is 0 Å². The molecular weight excluding hydrogens is 755 g/mol. The summed E-state index contributed by atoms with van der Waals surface area (Å²) in [4.78, 5) is 8.61. The number of aromatic nitrogens is 1. The quantitative estimate of drug-likeness (QED) is 0.112. The number of rotatable bonds is 3. The number of pyridine rings is 1. The van der Waals surface area contributed by atoms with E-state index in [0.29, 0.717) is 5.76 Å². The maximum absolute atomic E-state index is 9.68. The van der Waals surface area contributed by atoms with Gasteiger partial charge in [-0.05, 0) is 69.9 Å². The summed E-state index contributed by atoms with van der Waals surface area (Å²) in [5.74, 6) is 0.378. The van der Waals surface area contributed by atoms with E-state index in [2.05, 4.69) is 114 Å². The fourth-order valence-corrected chi connectivity index (χ4v) is 5.84. The molecule has 249 valence electrons. The number of aliphatic hydroxyl groups is 1. The van der Waals surface area contributed by atoms with Crippen molar-refractivity contribution in [2.75, 3.05) is 7.05 Å². The summed E-state index contributed by atoms with van der Waals surface area (Å²) in [6.45, 7) is 21.5. The van der Waals surface area contributed by atoms with E-state index in [1.807, 2.05) is 62.9 Å². The van der Waals surface area contributed by atoms with Crippen molar-refractivity contribution in [2.45, 2.75) is 74.1 Å². The van der Waals surface area contributed by atoms with E-state index in [0.717, 1.165) is 23.1 Å². The molecule has 0 atom stereocenters. The van der Waals surface area contributed by atoms with Gasteiger partial charge in [-0.25, -0.2) is 0 Å². The Bertz CT molecular complexity index is 1940. The van der Waals surface area contributed by atoms with Crippen LogP contribution < -0.4 is 0 Å². The number of nitrogens with zero attached hydrogens (tertiary/aromatic N) is 3. The van der Waals surface area contributed by atoms with Crippen LogP contribution in [-0.2, 0) is 31.9 Å². The molecule has 4 aromatic carbocycles. The zero-order chi connectivity index (χ0) is 33.4. The summed E-state index contributed by atoms with van der Waals surface area (Å²) in [7, 11) is 1.94. The molecule has 0 unspecified atom stereocenters. The van der Waals surface area contributed by atoms with E-state index in [-0.39, 0.29) is 36.4 Å². The molecule has 6 rings (SSSR count). The van der Waals surface area contributed by atoms with Crippen molar-refractivity contribution in [3.8, 4) is 11.3 Å². The summed E-state index contributed by atoms with van der Waals surface area (Å²) in [5.41, 5.74) is 4.91. The molecule has 1 aliphatic heterocycles. The smallest absolute Gasteiger partial charge is 0.111 e. The van der Waals surface area contributed by atoms with E-state index in [4.69, 9.17) is 4.98 Å². The van der Waals surface area contributed by atoms with Crippen LogP contribution in [0.1, 0.15) is 73.4 Å². The number of allylic oxidation sites excluding steroid dienone is 1. The largest absolute Gasteiger partial charge is 0.510 e. The third-order valence-corrected chi connectivity index (χ3v) is 8.23. The molecule has 5 aromatic rings. The molecule has 0 bridgehead atoms. The molecule has 1 radical (unpaired) electrons. The zero-order valence-corrected chi connectivity index (χ0v) is 32.0. The predicted molar refractivity (Wildman–Crippen MR) is 196 cm³/mol.